The summed E-state index contributed by atoms with van der Waals surface area (Å²) < 4.78 is 0. The normalized spacial score (nSPS) is 11.2. The van der Waals surface area contributed by atoms with Crippen LogP contribution in [0, 0.1) is 0 Å². The summed E-state index contributed by atoms with van der Waals surface area (Å²) in [6.07, 6.45) is 4.55. The number of benzene rings is 3. The number of rotatable bonds is 5. The van der Waals surface area contributed by atoms with Gasteiger partial charge in [0.25, 0.3) is 5.91 Å². The topological polar surface area (TPSA) is 71.1 Å². The standard InChI is InChI=1S/C14H9NO2S.C13H14N2S.C2H6/c16-8-9-5-6-13-11(7-9)15-14(17)10-3-1-2-4-12(10)18-13;1-3-10-4-6-11(7-5-10)13-15-9-12(16-13)8-14-2;1-2/h1-8H,(H,15,17);3-7,9,14H,1,8H2,2H3;1-2H3. The van der Waals surface area contributed by atoms with E-state index in [0.29, 0.717) is 16.8 Å². The maximum atomic E-state index is 12.1. The molecule has 0 fully saturated rings. The molecule has 36 heavy (non-hydrogen) atoms. The highest BCUT2D eigenvalue weighted by atomic mass is 32.2. The summed E-state index contributed by atoms with van der Waals surface area (Å²) in [5.41, 5.74) is 4.20. The number of anilines is 1. The van der Waals surface area contributed by atoms with Crippen molar-refractivity contribution in [2.45, 2.75) is 30.2 Å². The highest BCUT2D eigenvalue weighted by Crippen LogP contribution is 2.38. The lowest BCUT2D eigenvalue weighted by Crippen LogP contribution is -2.11. The molecular formula is C29H29N3O2S2. The Kier molecular flexibility index (Phi) is 10.2. The van der Waals surface area contributed by atoms with Gasteiger partial charge in [0.2, 0.25) is 0 Å². The Morgan fingerprint density at radius 3 is 2.42 bits per heavy atom. The van der Waals surface area contributed by atoms with Gasteiger partial charge in [-0.2, -0.15) is 0 Å². The van der Waals surface area contributed by atoms with Crippen LogP contribution in [0.5, 0.6) is 0 Å². The van der Waals surface area contributed by atoms with E-state index < -0.39 is 0 Å². The number of fused-ring (bicyclic) bond motifs is 2. The molecule has 4 aromatic rings. The van der Waals surface area contributed by atoms with Gasteiger partial charge in [-0.15, -0.1) is 11.3 Å². The van der Waals surface area contributed by atoms with Gasteiger partial charge >= 0.3 is 0 Å². The maximum Gasteiger partial charge on any atom is 0.256 e. The molecule has 0 saturated heterocycles. The van der Waals surface area contributed by atoms with E-state index in [4.69, 9.17) is 0 Å². The third-order valence-electron chi connectivity index (χ3n) is 5.04. The van der Waals surface area contributed by atoms with E-state index in [9.17, 15) is 9.59 Å². The molecule has 3 aromatic carbocycles. The number of carbonyl (C=O) groups is 2. The maximum absolute atomic E-state index is 12.1. The van der Waals surface area contributed by atoms with E-state index in [1.54, 1.807) is 29.5 Å². The molecule has 5 rings (SSSR count). The Labute approximate surface area is 220 Å². The van der Waals surface area contributed by atoms with Crippen LogP contribution in [-0.4, -0.2) is 24.2 Å². The number of aldehydes is 1. The van der Waals surface area contributed by atoms with Crippen LogP contribution in [0.15, 0.2) is 89.3 Å². The molecule has 0 unspecified atom stereocenters. The number of carbonyl (C=O) groups excluding carboxylic acids is 2. The predicted molar refractivity (Wildman–Crippen MR) is 152 cm³/mol. The Bertz CT molecular complexity index is 1330. The largest absolute Gasteiger partial charge is 0.321 e. The number of hydrogen-bond acceptors (Lipinski definition) is 6. The summed E-state index contributed by atoms with van der Waals surface area (Å²) in [4.78, 5) is 30.3. The molecule has 184 valence electrons. The van der Waals surface area contributed by atoms with E-state index in [-0.39, 0.29) is 5.91 Å². The number of hydrogen-bond donors (Lipinski definition) is 2. The molecule has 0 aliphatic carbocycles. The number of nitrogens with zero attached hydrogens (tertiary/aromatic N) is 1. The van der Waals surface area contributed by atoms with Crippen molar-refractivity contribution in [2.24, 2.45) is 0 Å². The predicted octanol–water partition coefficient (Wildman–Crippen LogP) is 7.41. The minimum Gasteiger partial charge on any atom is -0.321 e. The van der Waals surface area contributed by atoms with E-state index in [1.165, 1.54) is 16.6 Å². The fraction of sp³-hybridized carbons (Fsp3) is 0.138. The third kappa shape index (κ3) is 6.79. The van der Waals surface area contributed by atoms with Crippen molar-refractivity contribution in [3.05, 3.63) is 101 Å². The van der Waals surface area contributed by atoms with Crippen LogP contribution in [0.3, 0.4) is 0 Å². The van der Waals surface area contributed by atoms with E-state index in [2.05, 4.69) is 46.5 Å². The van der Waals surface area contributed by atoms with E-state index in [0.717, 1.165) is 38.8 Å². The molecule has 0 bridgehead atoms. The van der Waals surface area contributed by atoms with Crippen LogP contribution in [0.25, 0.3) is 16.6 Å². The molecule has 1 amide bonds. The number of amides is 1. The summed E-state index contributed by atoms with van der Waals surface area (Å²) in [5, 5.41) is 7.03. The second-order valence-electron chi connectivity index (χ2n) is 7.41. The zero-order chi connectivity index (χ0) is 25.9. The van der Waals surface area contributed by atoms with E-state index in [1.807, 2.05) is 57.4 Å². The van der Waals surface area contributed by atoms with Gasteiger partial charge in [0.05, 0.1) is 11.3 Å². The van der Waals surface area contributed by atoms with Crippen molar-refractivity contribution in [2.75, 3.05) is 12.4 Å². The van der Waals surface area contributed by atoms with Crippen LogP contribution in [0.4, 0.5) is 5.69 Å². The molecule has 1 aliphatic heterocycles. The average molecular weight is 516 g/mol. The van der Waals surface area contributed by atoms with Gasteiger partial charge in [-0.25, -0.2) is 4.98 Å². The number of aromatic nitrogens is 1. The Morgan fingerprint density at radius 2 is 1.72 bits per heavy atom. The van der Waals surface area contributed by atoms with Gasteiger partial charge in [0, 0.05) is 38.5 Å². The van der Waals surface area contributed by atoms with Crippen molar-refractivity contribution in [3.63, 3.8) is 0 Å². The highest BCUT2D eigenvalue weighted by molar-refractivity contribution is 7.99. The molecular weight excluding hydrogens is 486 g/mol. The molecule has 5 nitrogen and oxygen atoms in total. The first kappa shape index (κ1) is 27.1. The minimum absolute atomic E-state index is 0.139. The molecule has 7 heteroatoms. The Balaban J connectivity index is 0.000000189. The van der Waals surface area contributed by atoms with Crippen LogP contribution in [0.2, 0.25) is 0 Å². The van der Waals surface area contributed by atoms with Crippen LogP contribution < -0.4 is 10.6 Å². The molecule has 2 N–H and O–H groups in total. The lowest BCUT2D eigenvalue weighted by Gasteiger charge is -2.05. The van der Waals surface area contributed by atoms with Crippen molar-refractivity contribution in [1.82, 2.24) is 10.3 Å². The van der Waals surface area contributed by atoms with Gasteiger partial charge in [-0.05, 0) is 36.9 Å². The lowest BCUT2D eigenvalue weighted by atomic mass is 10.1. The van der Waals surface area contributed by atoms with Gasteiger partial charge < -0.3 is 10.6 Å². The molecule has 0 saturated carbocycles. The Hall–Kier alpha value is -3.52. The first-order valence-corrected chi connectivity index (χ1v) is 13.2. The zero-order valence-corrected chi connectivity index (χ0v) is 22.2. The summed E-state index contributed by atoms with van der Waals surface area (Å²) in [6.45, 7) is 8.62. The molecule has 2 heterocycles. The van der Waals surface area contributed by atoms with Crippen LogP contribution in [0.1, 0.15) is 45.0 Å². The van der Waals surface area contributed by atoms with Crippen molar-refractivity contribution in [1.29, 1.82) is 0 Å². The SMILES string of the molecule is C=Cc1ccc(-c2ncc(CNC)s2)cc1.CC.O=Cc1ccc2c(c1)NC(=O)c1ccccc1S2. The van der Waals surface area contributed by atoms with Crippen molar-refractivity contribution in [3.8, 4) is 10.6 Å². The summed E-state index contributed by atoms with van der Waals surface area (Å²) in [7, 11) is 1.94. The number of thiazole rings is 1. The smallest absolute Gasteiger partial charge is 0.256 e. The lowest BCUT2D eigenvalue weighted by molar-refractivity contribution is 0.102. The summed E-state index contributed by atoms with van der Waals surface area (Å²) in [6, 6.07) is 21.0. The number of nitrogens with one attached hydrogen (secondary N) is 2. The monoisotopic (exact) mass is 515 g/mol. The first-order valence-electron chi connectivity index (χ1n) is 11.6. The van der Waals surface area contributed by atoms with Crippen molar-refractivity contribution >= 4 is 47.1 Å². The van der Waals surface area contributed by atoms with Gasteiger partial charge in [-0.3, -0.25) is 9.59 Å². The summed E-state index contributed by atoms with van der Waals surface area (Å²) in [5.74, 6) is -0.139. The van der Waals surface area contributed by atoms with Gasteiger partial charge in [-0.1, -0.05) is 80.7 Å². The van der Waals surface area contributed by atoms with Crippen LogP contribution >= 0.6 is 23.1 Å². The highest BCUT2D eigenvalue weighted by Gasteiger charge is 2.19. The first-order chi connectivity index (χ1) is 17.6. The third-order valence-corrected chi connectivity index (χ3v) is 7.24. The van der Waals surface area contributed by atoms with Gasteiger partial charge in [0.1, 0.15) is 11.3 Å². The fourth-order valence-electron chi connectivity index (χ4n) is 3.32. The quantitative estimate of drug-likeness (QED) is 0.271. The molecule has 1 aliphatic rings. The zero-order valence-electron chi connectivity index (χ0n) is 20.6. The summed E-state index contributed by atoms with van der Waals surface area (Å²) >= 11 is 3.25. The second-order valence-corrected chi connectivity index (χ2v) is 9.61. The molecule has 0 radical (unpaired) electrons. The van der Waals surface area contributed by atoms with Crippen molar-refractivity contribution < 1.29 is 9.59 Å². The second kappa shape index (κ2) is 13.5. The van der Waals surface area contributed by atoms with Gasteiger partial charge in [0.15, 0.2) is 0 Å². The van der Waals surface area contributed by atoms with E-state index >= 15 is 0 Å². The molecule has 1 aromatic heterocycles. The molecule has 0 spiro atoms. The van der Waals surface area contributed by atoms with Crippen LogP contribution in [-0.2, 0) is 6.54 Å². The average Bonchev–Trinajstić information content (AvgIpc) is 3.34. The molecule has 0 atom stereocenters. The fourth-order valence-corrected chi connectivity index (χ4v) is 5.26. The minimum atomic E-state index is -0.139. The Morgan fingerprint density at radius 1 is 1.00 bits per heavy atom.